The molecule has 0 amide bonds. The van der Waals surface area contributed by atoms with Crippen molar-refractivity contribution in [2.45, 2.75) is 77.7 Å². The second kappa shape index (κ2) is 12.0. The Morgan fingerprint density at radius 3 is 2.25 bits per heavy atom. The molecular formula is C19H33N. The van der Waals surface area contributed by atoms with Crippen molar-refractivity contribution in [2.75, 3.05) is 6.54 Å². The van der Waals surface area contributed by atoms with Gasteiger partial charge in [-0.2, -0.15) is 0 Å². The molecular weight excluding hydrogens is 242 g/mol. The molecule has 1 heteroatoms. The van der Waals surface area contributed by atoms with E-state index in [1.54, 1.807) is 0 Å². The molecule has 1 aromatic rings. The van der Waals surface area contributed by atoms with Gasteiger partial charge in [0.2, 0.25) is 0 Å². The second-order valence-electron chi connectivity index (χ2n) is 5.90. The molecule has 114 valence electrons. The van der Waals surface area contributed by atoms with Gasteiger partial charge in [-0.05, 0) is 31.4 Å². The molecule has 0 radical (unpaired) electrons. The minimum absolute atomic E-state index is 0.656. The van der Waals surface area contributed by atoms with Crippen LogP contribution in [0, 0.1) is 0 Å². The van der Waals surface area contributed by atoms with Gasteiger partial charge in [-0.1, -0.05) is 82.7 Å². The Bertz CT molecular complexity index is 307. The minimum atomic E-state index is 0.656. The molecule has 1 unspecified atom stereocenters. The topological polar surface area (TPSA) is 12.0 Å². The molecule has 1 N–H and O–H groups in total. The minimum Gasteiger partial charge on any atom is -0.314 e. The third-order valence-corrected chi connectivity index (χ3v) is 3.91. The zero-order valence-corrected chi connectivity index (χ0v) is 13.5. The quantitative estimate of drug-likeness (QED) is 0.507. The Labute approximate surface area is 126 Å². The highest BCUT2D eigenvalue weighted by Crippen LogP contribution is 2.12. The molecule has 1 nitrogen and oxygen atoms in total. The molecule has 1 rings (SSSR count). The third kappa shape index (κ3) is 8.37. The molecule has 1 aromatic carbocycles. The molecule has 0 aromatic heterocycles. The fraction of sp³-hybridized carbons (Fsp3) is 0.684. The van der Waals surface area contributed by atoms with Crippen LogP contribution in [-0.2, 0) is 6.42 Å². The summed E-state index contributed by atoms with van der Waals surface area (Å²) >= 11 is 0. The van der Waals surface area contributed by atoms with Gasteiger partial charge in [0.1, 0.15) is 0 Å². The van der Waals surface area contributed by atoms with E-state index in [0.29, 0.717) is 6.04 Å². The lowest BCUT2D eigenvalue weighted by atomic mass is 9.99. The zero-order chi connectivity index (χ0) is 14.5. The fourth-order valence-electron chi connectivity index (χ4n) is 2.69. The van der Waals surface area contributed by atoms with Crippen molar-refractivity contribution in [1.82, 2.24) is 5.32 Å². The predicted molar refractivity (Wildman–Crippen MR) is 90.2 cm³/mol. The van der Waals surface area contributed by atoms with Crippen molar-refractivity contribution in [3.63, 3.8) is 0 Å². The van der Waals surface area contributed by atoms with E-state index in [2.05, 4.69) is 49.5 Å². The van der Waals surface area contributed by atoms with Crippen LogP contribution in [0.4, 0.5) is 0 Å². The van der Waals surface area contributed by atoms with Gasteiger partial charge in [0.25, 0.3) is 0 Å². The van der Waals surface area contributed by atoms with Gasteiger partial charge in [0.15, 0.2) is 0 Å². The summed E-state index contributed by atoms with van der Waals surface area (Å²) in [6.07, 6.45) is 12.1. The largest absolute Gasteiger partial charge is 0.314 e. The first-order valence-corrected chi connectivity index (χ1v) is 8.64. The SMILES string of the molecule is CCCCCCCCC(Cc1ccccc1)NCCC. The summed E-state index contributed by atoms with van der Waals surface area (Å²) in [5.41, 5.74) is 1.46. The first-order valence-electron chi connectivity index (χ1n) is 8.64. The molecule has 0 saturated carbocycles. The number of hydrogen-bond donors (Lipinski definition) is 1. The van der Waals surface area contributed by atoms with E-state index in [1.807, 2.05) is 0 Å². The molecule has 0 heterocycles. The van der Waals surface area contributed by atoms with Crippen LogP contribution in [0.5, 0.6) is 0 Å². The highest BCUT2D eigenvalue weighted by Gasteiger charge is 2.08. The average Bonchev–Trinajstić information content (AvgIpc) is 2.49. The Morgan fingerprint density at radius 2 is 1.55 bits per heavy atom. The van der Waals surface area contributed by atoms with Crippen molar-refractivity contribution in [3.8, 4) is 0 Å². The normalized spacial score (nSPS) is 12.5. The third-order valence-electron chi connectivity index (χ3n) is 3.91. The van der Waals surface area contributed by atoms with Gasteiger partial charge in [-0.25, -0.2) is 0 Å². The van der Waals surface area contributed by atoms with Gasteiger partial charge in [0, 0.05) is 6.04 Å². The van der Waals surface area contributed by atoms with Crippen LogP contribution in [0.25, 0.3) is 0 Å². The lowest BCUT2D eigenvalue weighted by Gasteiger charge is -2.18. The average molecular weight is 275 g/mol. The summed E-state index contributed by atoms with van der Waals surface area (Å²) in [6.45, 7) is 5.68. The van der Waals surface area contributed by atoms with Crippen LogP contribution in [0.2, 0.25) is 0 Å². The summed E-state index contributed by atoms with van der Waals surface area (Å²) in [5, 5.41) is 3.72. The van der Waals surface area contributed by atoms with E-state index in [9.17, 15) is 0 Å². The van der Waals surface area contributed by atoms with E-state index in [4.69, 9.17) is 0 Å². The summed E-state index contributed by atoms with van der Waals surface area (Å²) < 4.78 is 0. The highest BCUT2D eigenvalue weighted by molar-refractivity contribution is 5.15. The van der Waals surface area contributed by atoms with Crippen LogP contribution in [0.3, 0.4) is 0 Å². The molecule has 0 aliphatic heterocycles. The molecule has 0 fully saturated rings. The summed E-state index contributed by atoms with van der Waals surface area (Å²) in [6, 6.07) is 11.6. The summed E-state index contributed by atoms with van der Waals surface area (Å²) in [7, 11) is 0. The van der Waals surface area contributed by atoms with Gasteiger partial charge < -0.3 is 5.32 Å². The molecule has 0 spiro atoms. The zero-order valence-electron chi connectivity index (χ0n) is 13.5. The molecule has 1 atom stereocenters. The van der Waals surface area contributed by atoms with Crippen LogP contribution in [0.15, 0.2) is 30.3 Å². The Hall–Kier alpha value is -0.820. The maximum Gasteiger partial charge on any atom is 0.0107 e. The van der Waals surface area contributed by atoms with Gasteiger partial charge in [0.05, 0.1) is 0 Å². The van der Waals surface area contributed by atoms with Crippen molar-refractivity contribution in [3.05, 3.63) is 35.9 Å². The van der Waals surface area contributed by atoms with Crippen molar-refractivity contribution in [1.29, 1.82) is 0 Å². The molecule has 0 saturated heterocycles. The smallest absolute Gasteiger partial charge is 0.0107 e. The number of hydrogen-bond acceptors (Lipinski definition) is 1. The van der Waals surface area contributed by atoms with Crippen LogP contribution < -0.4 is 5.32 Å². The summed E-state index contributed by atoms with van der Waals surface area (Å²) in [4.78, 5) is 0. The van der Waals surface area contributed by atoms with Gasteiger partial charge in [-0.15, -0.1) is 0 Å². The van der Waals surface area contributed by atoms with E-state index in [1.165, 1.54) is 63.4 Å². The second-order valence-corrected chi connectivity index (χ2v) is 5.90. The molecule has 0 aliphatic carbocycles. The number of rotatable bonds is 12. The first-order chi connectivity index (χ1) is 9.86. The van der Waals surface area contributed by atoms with Gasteiger partial charge >= 0.3 is 0 Å². The molecule has 0 bridgehead atoms. The molecule has 20 heavy (non-hydrogen) atoms. The number of benzene rings is 1. The van der Waals surface area contributed by atoms with Crippen molar-refractivity contribution < 1.29 is 0 Å². The maximum atomic E-state index is 3.72. The van der Waals surface area contributed by atoms with Crippen LogP contribution in [-0.4, -0.2) is 12.6 Å². The van der Waals surface area contributed by atoms with E-state index < -0.39 is 0 Å². The standard InChI is InChI=1S/C19H33N/c1-3-5-6-7-8-12-15-19(20-16-4-2)17-18-13-10-9-11-14-18/h9-11,13-14,19-20H,3-8,12,15-17H2,1-2H3. The van der Waals surface area contributed by atoms with Gasteiger partial charge in [-0.3, -0.25) is 0 Å². The monoisotopic (exact) mass is 275 g/mol. The van der Waals surface area contributed by atoms with Crippen molar-refractivity contribution in [2.24, 2.45) is 0 Å². The maximum absolute atomic E-state index is 3.72. The Kier molecular flexibility index (Phi) is 10.3. The first kappa shape index (κ1) is 17.2. The summed E-state index contributed by atoms with van der Waals surface area (Å²) in [5.74, 6) is 0. The predicted octanol–water partition coefficient (Wildman–Crippen LogP) is 5.35. The Balaban J connectivity index is 2.25. The van der Waals surface area contributed by atoms with Crippen LogP contribution >= 0.6 is 0 Å². The van der Waals surface area contributed by atoms with E-state index in [-0.39, 0.29) is 0 Å². The molecule has 0 aliphatic rings. The number of unbranched alkanes of at least 4 members (excludes halogenated alkanes) is 5. The van der Waals surface area contributed by atoms with Crippen LogP contribution in [0.1, 0.15) is 70.8 Å². The highest BCUT2D eigenvalue weighted by atomic mass is 14.9. The fourth-order valence-corrected chi connectivity index (χ4v) is 2.69. The van der Waals surface area contributed by atoms with E-state index >= 15 is 0 Å². The Morgan fingerprint density at radius 1 is 0.850 bits per heavy atom. The lowest BCUT2D eigenvalue weighted by molar-refractivity contribution is 0.450. The van der Waals surface area contributed by atoms with Crippen molar-refractivity contribution >= 4 is 0 Å². The lowest BCUT2D eigenvalue weighted by Crippen LogP contribution is -2.31. The van der Waals surface area contributed by atoms with E-state index in [0.717, 1.165) is 6.54 Å². The number of nitrogens with one attached hydrogen (secondary N) is 1.